The SMILES string of the molecule is CCCNc1nc(NCC(C(C)C)C(C)C)nc(OC)n1. The monoisotopic (exact) mass is 295 g/mol. The highest BCUT2D eigenvalue weighted by Gasteiger charge is 2.18. The van der Waals surface area contributed by atoms with E-state index in [1.165, 1.54) is 0 Å². The van der Waals surface area contributed by atoms with Gasteiger partial charge in [0, 0.05) is 13.1 Å². The van der Waals surface area contributed by atoms with Crippen molar-refractivity contribution in [3.8, 4) is 6.01 Å². The van der Waals surface area contributed by atoms with E-state index in [4.69, 9.17) is 4.74 Å². The van der Waals surface area contributed by atoms with Crippen molar-refractivity contribution >= 4 is 11.9 Å². The molecule has 0 aromatic carbocycles. The minimum Gasteiger partial charge on any atom is -0.467 e. The van der Waals surface area contributed by atoms with Gasteiger partial charge in [-0.3, -0.25) is 0 Å². The second-order valence-corrected chi connectivity index (χ2v) is 5.93. The van der Waals surface area contributed by atoms with Gasteiger partial charge in [0.25, 0.3) is 0 Å². The Balaban J connectivity index is 2.76. The molecule has 0 aliphatic rings. The Morgan fingerprint density at radius 2 is 1.52 bits per heavy atom. The molecule has 0 bridgehead atoms. The Morgan fingerprint density at radius 3 is 2.00 bits per heavy atom. The Bertz CT molecular complexity index is 415. The van der Waals surface area contributed by atoms with Crippen molar-refractivity contribution in [1.82, 2.24) is 15.0 Å². The summed E-state index contributed by atoms with van der Waals surface area (Å²) in [5.74, 6) is 2.90. The Hall–Kier alpha value is -1.59. The maximum Gasteiger partial charge on any atom is 0.322 e. The van der Waals surface area contributed by atoms with Crippen LogP contribution in [0.5, 0.6) is 6.01 Å². The number of methoxy groups -OCH3 is 1. The fraction of sp³-hybridized carbons (Fsp3) is 0.800. The van der Waals surface area contributed by atoms with Crippen LogP contribution in [0.15, 0.2) is 0 Å². The first-order chi connectivity index (χ1) is 9.97. The number of nitrogens with zero attached hydrogens (tertiary/aromatic N) is 3. The van der Waals surface area contributed by atoms with Crippen LogP contribution < -0.4 is 15.4 Å². The summed E-state index contributed by atoms with van der Waals surface area (Å²) in [6, 6.07) is 0.330. The second-order valence-electron chi connectivity index (χ2n) is 5.93. The number of hydrogen-bond donors (Lipinski definition) is 2. The average molecular weight is 295 g/mol. The molecule has 21 heavy (non-hydrogen) atoms. The minimum atomic E-state index is 0.330. The van der Waals surface area contributed by atoms with Crippen molar-refractivity contribution in [1.29, 1.82) is 0 Å². The van der Waals surface area contributed by atoms with E-state index in [1.807, 2.05) is 0 Å². The topological polar surface area (TPSA) is 72.0 Å². The van der Waals surface area contributed by atoms with Gasteiger partial charge < -0.3 is 15.4 Å². The lowest BCUT2D eigenvalue weighted by Gasteiger charge is -2.25. The molecule has 0 spiro atoms. The predicted molar refractivity (Wildman–Crippen MR) is 86.8 cm³/mol. The Morgan fingerprint density at radius 1 is 0.952 bits per heavy atom. The van der Waals surface area contributed by atoms with Crippen LogP contribution in [0.4, 0.5) is 11.9 Å². The van der Waals surface area contributed by atoms with Crippen LogP contribution in [0.2, 0.25) is 0 Å². The van der Waals surface area contributed by atoms with Gasteiger partial charge in [-0.25, -0.2) is 0 Å². The molecule has 1 aromatic heterocycles. The van der Waals surface area contributed by atoms with Crippen molar-refractivity contribution in [3.63, 3.8) is 0 Å². The molecule has 0 saturated carbocycles. The summed E-state index contributed by atoms with van der Waals surface area (Å²) in [4.78, 5) is 12.8. The van der Waals surface area contributed by atoms with Crippen LogP contribution in [-0.2, 0) is 0 Å². The first-order valence-electron chi connectivity index (χ1n) is 7.75. The van der Waals surface area contributed by atoms with Gasteiger partial charge in [0.15, 0.2) is 0 Å². The van der Waals surface area contributed by atoms with Gasteiger partial charge in [0.1, 0.15) is 0 Å². The number of ether oxygens (including phenoxy) is 1. The van der Waals surface area contributed by atoms with Crippen LogP contribution in [0.25, 0.3) is 0 Å². The molecule has 120 valence electrons. The summed E-state index contributed by atoms with van der Waals surface area (Å²) < 4.78 is 5.13. The van der Waals surface area contributed by atoms with Crippen LogP contribution in [0.3, 0.4) is 0 Å². The van der Waals surface area contributed by atoms with Crippen molar-refractivity contribution in [3.05, 3.63) is 0 Å². The molecule has 1 heterocycles. The van der Waals surface area contributed by atoms with E-state index >= 15 is 0 Å². The number of hydrogen-bond acceptors (Lipinski definition) is 6. The average Bonchev–Trinajstić information content (AvgIpc) is 2.44. The van der Waals surface area contributed by atoms with Gasteiger partial charge in [-0.1, -0.05) is 34.6 Å². The van der Waals surface area contributed by atoms with Crippen molar-refractivity contribution < 1.29 is 4.74 Å². The molecule has 0 atom stereocenters. The van der Waals surface area contributed by atoms with Gasteiger partial charge in [0.2, 0.25) is 11.9 Å². The third-order valence-electron chi connectivity index (χ3n) is 3.54. The van der Waals surface area contributed by atoms with E-state index in [9.17, 15) is 0 Å². The first kappa shape index (κ1) is 17.5. The molecule has 0 saturated heterocycles. The van der Waals surface area contributed by atoms with Crippen LogP contribution in [-0.4, -0.2) is 35.2 Å². The molecular formula is C15H29N5O. The number of nitrogens with one attached hydrogen (secondary N) is 2. The molecule has 6 heteroatoms. The Labute approximate surface area is 128 Å². The van der Waals surface area contributed by atoms with Crippen molar-refractivity contribution in [2.24, 2.45) is 17.8 Å². The summed E-state index contributed by atoms with van der Waals surface area (Å²) in [5, 5.41) is 6.48. The van der Waals surface area contributed by atoms with Gasteiger partial charge in [-0.05, 0) is 24.2 Å². The van der Waals surface area contributed by atoms with E-state index < -0.39 is 0 Å². The fourth-order valence-corrected chi connectivity index (χ4v) is 2.29. The fourth-order valence-electron chi connectivity index (χ4n) is 2.29. The van der Waals surface area contributed by atoms with E-state index in [1.54, 1.807) is 7.11 Å². The molecule has 0 amide bonds. The molecular weight excluding hydrogens is 266 g/mol. The molecule has 0 fully saturated rings. The summed E-state index contributed by atoms with van der Waals surface area (Å²) in [5.41, 5.74) is 0. The molecule has 6 nitrogen and oxygen atoms in total. The highest BCUT2D eigenvalue weighted by Crippen LogP contribution is 2.21. The zero-order valence-electron chi connectivity index (χ0n) is 14.1. The van der Waals surface area contributed by atoms with Crippen LogP contribution in [0.1, 0.15) is 41.0 Å². The number of anilines is 2. The minimum absolute atomic E-state index is 0.330. The third kappa shape index (κ3) is 5.73. The normalized spacial score (nSPS) is 11.3. The molecule has 0 aliphatic heterocycles. The predicted octanol–water partition coefficient (Wildman–Crippen LogP) is 3.04. The van der Waals surface area contributed by atoms with Crippen LogP contribution in [0, 0.1) is 17.8 Å². The zero-order chi connectivity index (χ0) is 15.8. The van der Waals surface area contributed by atoms with Gasteiger partial charge in [-0.15, -0.1) is 0 Å². The number of aromatic nitrogens is 3. The quantitative estimate of drug-likeness (QED) is 0.729. The maximum atomic E-state index is 5.13. The first-order valence-corrected chi connectivity index (χ1v) is 7.75. The van der Waals surface area contributed by atoms with Crippen molar-refractivity contribution in [2.75, 3.05) is 30.8 Å². The molecule has 2 N–H and O–H groups in total. The largest absolute Gasteiger partial charge is 0.467 e. The van der Waals surface area contributed by atoms with E-state index in [-0.39, 0.29) is 0 Å². The second kappa shape index (κ2) is 8.64. The lowest BCUT2D eigenvalue weighted by molar-refractivity contribution is 0.303. The molecule has 0 aliphatic carbocycles. The smallest absolute Gasteiger partial charge is 0.322 e. The highest BCUT2D eigenvalue weighted by molar-refractivity contribution is 5.35. The lowest BCUT2D eigenvalue weighted by atomic mass is 9.85. The highest BCUT2D eigenvalue weighted by atomic mass is 16.5. The van der Waals surface area contributed by atoms with Gasteiger partial charge in [-0.2, -0.15) is 15.0 Å². The standard InChI is InChI=1S/C15H29N5O/c1-7-8-16-13-18-14(20-15(19-13)21-6)17-9-12(10(2)3)11(4)5/h10-12H,7-9H2,1-6H3,(H2,16,17,18,19,20). The molecule has 1 rings (SSSR count). The molecule has 0 radical (unpaired) electrons. The van der Waals surface area contributed by atoms with Gasteiger partial charge >= 0.3 is 6.01 Å². The van der Waals surface area contributed by atoms with E-state index in [0.717, 1.165) is 19.5 Å². The van der Waals surface area contributed by atoms with Gasteiger partial charge in [0.05, 0.1) is 7.11 Å². The Kier molecular flexibility index (Phi) is 7.19. The van der Waals surface area contributed by atoms with E-state index in [2.05, 4.69) is 60.2 Å². The summed E-state index contributed by atoms with van der Waals surface area (Å²) in [6.07, 6.45) is 1.01. The zero-order valence-corrected chi connectivity index (χ0v) is 14.1. The third-order valence-corrected chi connectivity index (χ3v) is 3.54. The molecule has 0 unspecified atom stereocenters. The summed E-state index contributed by atoms with van der Waals surface area (Å²) >= 11 is 0. The van der Waals surface area contributed by atoms with Crippen molar-refractivity contribution in [2.45, 2.75) is 41.0 Å². The lowest BCUT2D eigenvalue weighted by Crippen LogP contribution is -2.25. The maximum absolute atomic E-state index is 5.13. The summed E-state index contributed by atoms with van der Waals surface area (Å²) in [7, 11) is 1.56. The molecule has 1 aromatic rings. The van der Waals surface area contributed by atoms with Crippen LogP contribution >= 0.6 is 0 Å². The number of rotatable bonds is 9. The summed E-state index contributed by atoms with van der Waals surface area (Å²) in [6.45, 7) is 12.7. The van der Waals surface area contributed by atoms with E-state index in [0.29, 0.717) is 35.7 Å².